The van der Waals surface area contributed by atoms with E-state index in [2.05, 4.69) is 19.2 Å². The molecule has 2 aliphatic rings. The highest BCUT2D eigenvalue weighted by molar-refractivity contribution is 4.86. The minimum atomic E-state index is 0.579. The van der Waals surface area contributed by atoms with E-state index in [0.717, 1.165) is 24.5 Å². The zero-order chi connectivity index (χ0) is 12.8. The Kier molecular flexibility index (Phi) is 5.97. The highest BCUT2D eigenvalue weighted by Crippen LogP contribution is 2.37. The summed E-state index contributed by atoms with van der Waals surface area (Å²) in [6.07, 6.45) is 11.7. The van der Waals surface area contributed by atoms with Gasteiger partial charge in [0.25, 0.3) is 0 Å². The maximum atomic E-state index is 5.66. The van der Waals surface area contributed by atoms with Gasteiger partial charge in [0.15, 0.2) is 0 Å². The molecule has 0 aliphatic heterocycles. The first-order valence-corrected chi connectivity index (χ1v) is 8.16. The van der Waals surface area contributed by atoms with Crippen LogP contribution in [0.5, 0.6) is 0 Å². The van der Waals surface area contributed by atoms with Crippen LogP contribution in [-0.4, -0.2) is 25.3 Å². The molecule has 1 atom stereocenters. The SMILES string of the molecule is CCCNC(CC1CCC1)CC1CC(OCC)C1. The van der Waals surface area contributed by atoms with Gasteiger partial charge in [-0.25, -0.2) is 0 Å². The van der Waals surface area contributed by atoms with E-state index in [-0.39, 0.29) is 0 Å². The minimum absolute atomic E-state index is 0.579. The zero-order valence-corrected chi connectivity index (χ0v) is 12.3. The second-order valence-corrected chi connectivity index (χ2v) is 6.33. The standard InChI is InChI=1S/C16H31NO/c1-3-8-17-15(9-13-6-5-7-13)10-14-11-16(12-14)18-4-2/h13-17H,3-12H2,1-2H3. The van der Waals surface area contributed by atoms with E-state index in [4.69, 9.17) is 4.74 Å². The third kappa shape index (κ3) is 4.24. The van der Waals surface area contributed by atoms with Gasteiger partial charge in [0.05, 0.1) is 6.10 Å². The van der Waals surface area contributed by atoms with Crippen molar-refractivity contribution in [2.45, 2.75) is 77.4 Å². The van der Waals surface area contributed by atoms with Crippen molar-refractivity contribution >= 4 is 0 Å². The molecule has 0 spiro atoms. The summed E-state index contributed by atoms with van der Waals surface area (Å²) in [5.74, 6) is 1.96. The number of rotatable bonds is 9. The minimum Gasteiger partial charge on any atom is -0.378 e. The van der Waals surface area contributed by atoms with Gasteiger partial charge in [0, 0.05) is 12.6 Å². The molecule has 2 aliphatic carbocycles. The molecule has 0 aromatic carbocycles. The van der Waals surface area contributed by atoms with Gasteiger partial charge in [0.2, 0.25) is 0 Å². The first kappa shape index (κ1) is 14.3. The largest absolute Gasteiger partial charge is 0.378 e. The summed E-state index contributed by atoms with van der Waals surface area (Å²) in [6, 6.07) is 0.780. The molecule has 0 radical (unpaired) electrons. The van der Waals surface area contributed by atoms with Gasteiger partial charge in [-0.15, -0.1) is 0 Å². The Morgan fingerprint density at radius 2 is 1.83 bits per heavy atom. The van der Waals surface area contributed by atoms with Crippen LogP contribution in [0.4, 0.5) is 0 Å². The quantitative estimate of drug-likeness (QED) is 0.675. The summed E-state index contributed by atoms with van der Waals surface area (Å²) in [7, 11) is 0. The maximum absolute atomic E-state index is 5.66. The summed E-state index contributed by atoms with van der Waals surface area (Å²) in [5.41, 5.74) is 0. The third-order valence-electron chi connectivity index (χ3n) is 4.74. The molecule has 0 aromatic rings. The van der Waals surface area contributed by atoms with Gasteiger partial charge in [-0.1, -0.05) is 26.2 Å². The van der Waals surface area contributed by atoms with E-state index in [1.165, 1.54) is 57.9 Å². The third-order valence-corrected chi connectivity index (χ3v) is 4.74. The van der Waals surface area contributed by atoms with Crippen molar-refractivity contribution in [3.8, 4) is 0 Å². The van der Waals surface area contributed by atoms with E-state index < -0.39 is 0 Å². The van der Waals surface area contributed by atoms with Gasteiger partial charge in [0.1, 0.15) is 0 Å². The summed E-state index contributed by atoms with van der Waals surface area (Å²) < 4.78 is 5.66. The molecule has 2 rings (SSSR count). The molecule has 0 amide bonds. The second kappa shape index (κ2) is 7.49. The van der Waals surface area contributed by atoms with Crippen LogP contribution >= 0.6 is 0 Å². The van der Waals surface area contributed by atoms with Crippen LogP contribution in [0.15, 0.2) is 0 Å². The Morgan fingerprint density at radius 3 is 2.39 bits per heavy atom. The Hall–Kier alpha value is -0.0800. The number of hydrogen-bond acceptors (Lipinski definition) is 2. The van der Waals surface area contributed by atoms with Crippen LogP contribution < -0.4 is 5.32 Å². The molecular weight excluding hydrogens is 222 g/mol. The van der Waals surface area contributed by atoms with E-state index in [9.17, 15) is 0 Å². The first-order valence-electron chi connectivity index (χ1n) is 8.16. The highest BCUT2D eigenvalue weighted by atomic mass is 16.5. The Bertz CT molecular complexity index is 221. The van der Waals surface area contributed by atoms with Crippen LogP contribution in [0, 0.1) is 11.8 Å². The fraction of sp³-hybridized carbons (Fsp3) is 1.00. The lowest BCUT2D eigenvalue weighted by atomic mass is 9.74. The van der Waals surface area contributed by atoms with Gasteiger partial charge in [-0.3, -0.25) is 0 Å². The summed E-state index contributed by atoms with van der Waals surface area (Å²) in [4.78, 5) is 0. The van der Waals surface area contributed by atoms with Crippen LogP contribution in [0.3, 0.4) is 0 Å². The van der Waals surface area contributed by atoms with Gasteiger partial charge >= 0.3 is 0 Å². The smallest absolute Gasteiger partial charge is 0.0580 e. The van der Waals surface area contributed by atoms with Crippen molar-refractivity contribution in [3.05, 3.63) is 0 Å². The van der Waals surface area contributed by atoms with Gasteiger partial charge in [-0.2, -0.15) is 0 Å². The number of hydrogen-bond donors (Lipinski definition) is 1. The van der Waals surface area contributed by atoms with Gasteiger partial charge in [-0.05, 0) is 57.4 Å². The van der Waals surface area contributed by atoms with Crippen molar-refractivity contribution in [1.82, 2.24) is 5.32 Å². The van der Waals surface area contributed by atoms with E-state index in [0.29, 0.717) is 6.10 Å². The van der Waals surface area contributed by atoms with Crippen molar-refractivity contribution < 1.29 is 4.74 Å². The Morgan fingerprint density at radius 1 is 1.11 bits per heavy atom. The fourth-order valence-electron chi connectivity index (χ4n) is 3.38. The molecule has 1 N–H and O–H groups in total. The van der Waals surface area contributed by atoms with Crippen molar-refractivity contribution in [3.63, 3.8) is 0 Å². The summed E-state index contributed by atoms with van der Waals surface area (Å²) >= 11 is 0. The van der Waals surface area contributed by atoms with E-state index in [1.54, 1.807) is 0 Å². The van der Waals surface area contributed by atoms with Crippen LogP contribution in [0.1, 0.15) is 65.2 Å². The summed E-state index contributed by atoms with van der Waals surface area (Å²) in [6.45, 7) is 6.45. The van der Waals surface area contributed by atoms with Crippen molar-refractivity contribution in [1.29, 1.82) is 0 Å². The Labute approximate surface area is 113 Å². The lowest BCUT2D eigenvalue weighted by Gasteiger charge is -2.39. The lowest BCUT2D eigenvalue weighted by Crippen LogP contribution is -2.40. The molecule has 0 heterocycles. The predicted octanol–water partition coefficient (Wildman–Crippen LogP) is 3.75. The molecule has 2 saturated carbocycles. The van der Waals surface area contributed by atoms with Crippen molar-refractivity contribution in [2.75, 3.05) is 13.2 Å². The normalized spacial score (nSPS) is 29.7. The molecule has 0 aromatic heterocycles. The molecule has 18 heavy (non-hydrogen) atoms. The van der Waals surface area contributed by atoms with Crippen molar-refractivity contribution in [2.24, 2.45) is 11.8 Å². The van der Waals surface area contributed by atoms with Crippen LogP contribution in [-0.2, 0) is 4.74 Å². The fourth-order valence-corrected chi connectivity index (χ4v) is 3.38. The number of nitrogens with one attached hydrogen (secondary N) is 1. The van der Waals surface area contributed by atoms with E-state index >= 15 is 0 Å². The molecular formula is C16H31NO. The highest BCUT2D eigenvalue weighted by Gasteiger charge is 2.32. The molecule has 2 nitrogen and oxygen atoms in total. The van der Waals surface area contributed by atoms with Crippen LogP contribution in [0.2, 0.25) is 0 Å². The topological polar surface area (TPSA) is 21.3 Å². The molecule has 0 saturated heterocycles. The molecule has 0 bridgehead atoms. The van der Waals surface area contributed by atoms with Crippen LogP contribution in [0.25, 0.3) is 0 Å². The maximum Gasteiger partial charge on any atom is 0.0580 e. The van der Waals surface area contributed by atoms with Gasteiger partial charge < -0.3 is 10.1 Å². The first-order chi connectivity index (χ1) is 8.81. The Balaban J connectivity index is 1.64. The molecule has 1 unspecified atom stereocenters. The summed E-state index contributed by atoms with van der Waals surface area (Å²) in [5, 5.41) is 3.77. The monoisotopic (exact) mass is 253 g/mol. The molecule has 2 fully saturated rings. The van der Waals surface area contributed by atoms with E-state index in [1.807, 2.05) is 0 Å². The molecule has 106 valence electrons. The predicted molar refractivity (Wildman–Crippen MR) is 76.8 cm³/mol. The second-order valence-electron chi connectivity index (χ2n) is 6.33. The average molecular weight is 253 g/mol. The molecule has 2 heteroatoms. The zero-order valence-electron chi connectivity index (χ0n) is 12.3. The number of ether oxygens (including phenoxy) is 1. The lowest BCUT2D eigenvalue weighted by molar-refractivity contribution is -0.0299. The average Bonchev–Trinajstić information content (AvgIpc) is 2.26.